The lowest BCUT2D eigenvalue weighted by atomic mass is 10.1. The molecule has 2 amide bonds. The van der Waals surface area contributed by atoms with Crippen molar-refractivity contribution >= 4 is 11.8 Å². The van der Waals surface area contributed by atoms with Crippen molar-refractivity contribution in [2.45, 2.75) is 46.5 Å². The highest BCUT2D eigenvalue weighted by Gasteiger charge is 2.03. The van der Waals surface area contributed by atoms with Crippen molar-refractivity contribution in [3.63, 3.8) is 0 Å². The van der Waals surface area contributed by atoms with Gasteiger partial charge in [0.15, 0.2) is 0 Å². The fourth-order valence-corrected chi connectivity index (χ4v) is 1.50. The summed E-state index contributed by atoms with van der Waals surface area (Å²) in [7, 11) is 0. The fraction of sp³-hybridized carbons (Fsp3) is 0.857. The summed E-state index contributed by atoms with van der Waals surface area (Å²) in [5.74, 6) is 0.515. The molecule has 5 nitrogen and oxygen atoms in total. The lowest BCUT2D eigenvalue weighted by Crippen LogP contribution is -2.30. The van der Waals surface area contributed by atoms with Gasteiger partial charge < -0.3 is 15.4 Å². The first-order valence-corrected chi connectivity index (χ1v) is 7.17. The number of carbonyl (C=O) groups is 2. The molecule has 0 aliphatic rings. The number of hydrogen-bond acceptors (Lipinski definition) is 3. The van der Waals surface area contributed by atoms with Gasteiger partial charge in [0.2, 0.25) is 11.8 Å². The lowest BCUT2D eigenvalue weighted by molar-refractivity contribution is -0.122. The van der Waals surface area contributed by atoms with Crippen LogP contribution in [-0.2, 0) is 14.3 Å². The van der Waals surface area contributed by atoms with Gasteiger partial charge in [0.1, 0.15) is 0 Å². The molecule has 0 rings (SSSR count). The van der Waals surface area contributed by atoms with Crippen LogP contribution in [0.15, 0.2) is 0 Å². The summed E-state index contributed by atoms with van der Waals surface area (Å²) in [4.78, 5) is 22.6. The van der Waals surface area contributed by atoms with E-state index in [1.807, 2.05) is 13.8 Å². The molecule has 19 heavy (non-hydrogen) atoms. The molecule has 0 aliphatic carbocycles. The third kappa shape index (κ3) is 13.1. The van der Waals surface area contributed by atoms with E-state index in [9.17, 15) is 9.59 Å². The third-order valence-electron chi connectivity index (χ3n) is 2.49. The summed E-state index contributed by atoms with van der Waals surface area (Å²) in [6.07, 6.45) is 3.09. The summed E-state index contributed by atoms with van der Waals surface area (Å²) in [6, 6.07) is 0. The Kier molecular flexibility index (Phi) is 11.3. The molecule has 112 valence electrons. The zero-order valence-corrected chi connectivity index (χ0v) is 12.5. The SMILES string of the molecule is CCCCC(=O)NCCOCCNC(=O)CC(C)C. The molecule has 0 bridgehead atoms. The molecule has 0 aromatic heterocycles. The molecular weight excluding hydrogens is 244 g/mol. The van der Waals surface area contributed by atoms with E-state index < -0.39 is 0 Å². The molecular formula is C14H28N2O3. The van der Waals surface area contributed by atoms with Crippen molar-refractivity contribution in [2.75, 3.05) is 26.3 Å². The van der Waals surface area contributed by atoms with Gasteiger partial charge in [-0.2, -0.15) is 0 Å². The van der Waals surface area contributed by atoms with Crippen molar-refractivity contribution in [1.82, 2.24) is 10.6 Å². The van der Waals surface area contributed by atoms with E-state index in [1.165, 1.54) is 0 Å². The second kappa shape index (κ2) is 12.0. The minimum atomic E-state index is 0.0615. The highest BCUT2D eigenvalue weighted by Crippen LogP contribution is 1.97. The van der Waals surface area contributed by atoms with E-state index in [4.69, 9.17) is 4.74 Å². The van der Waals surface area contributed by atoms with Crippen LogP contribution in [-0.4, -0.2) is 38.1 Å². The monoisotopic (exact) mass is 272 g/mol. The molecule has 0 aliphatic heterocycles. The normalized spacial score (nSPS) is 10.5. The lowest BCUT2D eigenvalue weighted by Gasteiger charge is -2.08. The van der Waals surface area contributed by atoms with E-state index in [0.29, 0.717) is 45.1 Å². The first kappa shape index (κ1) is 17.9. The van der Waals surface area contributed by atoms with Crippen molar-refractivity contribution in [3.8, 4) is 0 Å². The Labute approximate surface area is 116 Å². The van der Waals surface area contributed by atoms with Crippen molar-refractivity contribution in [2.24, 2.45) is 5.92 Å². The molecule has 0 unspecified atom stereocenters. The zero-order chi connectivity index (χ0) is 14.5. The summed E-state index contributed by atoms with van der Waals surface area (Å²) >= 11 is 0. The van der Waals surface area contributed by atoms with E-state index >= 15 is 0 Å². The van der Waals surface area contributed by atoms with Crippen LogP contribution < -0.4 is 10.6 Å². The van der Waals surface area contributed by atoms with Crippen LogP contribution in [0.2, 0.25) is 0 Å². The summed E-state index contributed by atoms with van der Waals surface area (Å²) < 4.78 is 5.31. The van der Waals surface area contributed by atoms with Gasteiger partial charge in [-0.1, -0.05) is 27.2 Å². The Balaban J connectivity index is 3.27. The molecule has 5 heteroatoms. The van der Waals surface area contributed by atoms with Crippen LogP contribution in [0.1, 0.15) is 46.5 Å². The minimum absolute atomic E-state index is 0.0615. The molecule has 0 spiro atoms. The quantitative estimate of drug-likeness (QED) is 0.560. The smallest absolute Gasteiger partial charge is 0.220 e. The largest absolute Gasteiger partial charge is 0.378 e. The predicted molar refractivity (Wildman–Crippen MR) is 75.8 cm³/mol. The maximum Gasteiger partial charge on any atom is 0.220 e. The highest BCUT2D eigenvalue weighted by molar-refractivity contribution is 5.76. The zero-order valence-electron chi connectivity index (χ0n) is 12.5. The van der Waals surface area contributed by atoms with Gasteiger partial charge in [0, 0.05) is 25.9 Å². The number of carbonyl (C=O) groups excluding carboxylic acids is 2. The fourth-order valence-electron chi connectivity index (χ4n) is 1.50. The number of unbranched alkanes of at least 4 members (excludes halogenated alkanes) is 1. The van der Waals surface area contributed by atoms with E-state index in [1.54, 1.807) is 0 Å². The number of hydrogen-bond donors (Lipinski definition) is 2. The van der Waals surface area contributed by atoms with E-state index in [-0.39, 0.29) is 11.8 Å². The predicted octanol–water partition coefficient (Wildman–Crippen LogP) is 1.47. The van der Waals surface area contributed by atoms with Gasteiger partial charge in [-0.15, -0.1) is 0 Å². The number of rotatable bonds is 11. The standard InChI is InChI=1S/C14H28N2O3/c1-4-5-6-13(17)15-7-9-19-10-8-16-14(18)11-12(2)3/h12H,4-11H2,1-3H3,(H,15,17)(H,16,18). The second-order valence-electron chi connectivity index (χ2n) is 5.01. The maximum atomic E-state index is 11.3. The topological polar surface area (TPSA) is 67.4 Å². The number of amides is 2. The Morgan fingerprint density at radius 2 is 1.63 bits per heavy atom. The maximum absolute atomic E-state index is 11.3. The summed E-state index contributed by atoms with van der Waals surface area (Å²) in [5, 5.41) is 5.58. The number of nitrogens with one attached hydrogen (secondary N) is 2. The second-order valence-corrected chi connectivity index (χ2v) is 5.01. The Hall–Kier alpha value is -1.10. The van der Waals surface area contributed by atoms with Crippen molar-refractivity contribution in [1.29, 1.82) is 0 Å². The van der Waals surface area contributed by atoms with E-state index in [0.717, 1.165) is 12.8 Å². The van der Waals surface area contributed by atoms with Gasteiger partial charge >= 0.3 is 0 Å². The van der Waals surface area contributed by atoms with Crippen molar-refractivity contribution < 1.29 is 14.3 Å². The highest BCUT2D eigenvalue weighted by atomic mass is 16.5. The van der Waals surface area contributed by atoms with Crippen LogP contribution >= 0.6 is 0 Å². The molecule has 0 atom stereocenters. The average molecular weight is 272 g/mol. The van der Waals surface area contributed by atoms with Crippen LogP contribution in [0.3, 0.4) is 0 Å². The molecule has 0 aromatic rings. The molecule has 0 radical (unpaired) electrons. The van der Waals surface area contributed by atoms with Gasteiger partial charge in [0.25, 0.3) is 0 Å². The molecule has 0 aromatic carbocycles. The Bertz CT molecular complexity index is 255. The average Bonchev–Trinajstić information content (AvgIpc) is 2.34. The van der Waals surface area contributed by atoms with Gasteiger partial charge in [0.05, 0.1) is 13.2 Å². The van der Waals surface area contributed by atoms with E-state index in [2.05, 4.69) is 17.6 Å². The minimum Gasteiger partial charge on any atom is -0.378 e. The summed E-state index contributed by atoms with van der Waals surface area (Å²) in [5.41, 5.74) is 0. The third-order valence-corrected chi connectivity index (χ3v) is 2.49. The molecule has 0 heterocycles. The molecule has 0 fully saturated rings. The first-order chi connectivity index (χ1) is 9.06. The molecule has 2 N–H and O–H groups in total. The van der Waals surface area contributed by atoms with Crippen molar-refractivity contribution in [3.05, 3.63) is 0 Å². The van der Waals surface area contributed by atoms with Gasteiger partial charge in [-0.3, -0.25) is 9.59 Å². The number of ether oxygens (including phenoxy) is 1. The van der Waals surface area contributed by atoms with Crippen LogP contribution in [0.25, 0.3) is 0 Å². The first-order valence-electron chi connectivity index (χ1n) is 7.17. The van der Waals surface area contributed by atoms with Gasteiger partial charge in [-0.25, -0.2) is 0 Å². The van der Waals surface area contributed by atoms with Crippen LogP contribution in [0.4, 0.5) is 0 Å². The molecule has 0 saturated heterocycles. The summed E-state index contributed by atoms with van der Waals surface area (Å²) in [6.45, 7) is 8.10. The van der Waals surface area contributed by atoms with Gasteiger partial charge in [-0.05, 0) is 12.3 Å². The Morgan fingerprint density at radius 1 is 1.05 bits per heavy atom. The van der Waals surface area contributed by atoms with Crippen LogP contribution in [0, 0.1) is 5.92 Å². The Morgan fingerprint density at radius 3 is 2.16 bits per heavy atom. The van der Waals surface area contributed by atoms with Crippen LogP contribution in [0.5, 0.6) is 0 Å². The molecule has 0 saturated carbocycles.